The van der Waals surface area contributed by atoms with Crippen molar-refractivity contribution in [2.45, 2.75) is 0 Å². The van der Waals surface area contributed by atoms with Crippen molar-refractivity contribution in [3.63, 3.8) is 0 Å². The molecule has 47 heavy (non-hydrogen) atoms. The Labute approximate surface area is 270 Å². The normalized spacial score (nSPS) is 11.8. The third kappa shape index (κ3) is 4.07. The molecular formula is C44H27NO2. The summed E-state index contributed by atoms with van der Waals surface area (Å²) in [6.45, 7) is 0. The first-order valence-electron chi connectivity index (χ1n) is 15.9. The van der Waals surface area contributed by atoms with Crippen LogP contribution in [0.1, 0.15) is 0 Å². The van der Waals surface area contributed by atoms with Crippen LogP contribution < -0.4 is 4.90 Å². The van der Waals surface area contributed by atoms with Crippen molar-refractivity contribution in [3.8, 4) is 11.1 Å². The zero-order valence-corrected chi connectivity index (χ0v) is 25.4. The second-order valence-corrected chi connectivity index (χ2v) is 12.1. The van der Waals surface area contributed by atoms with Crippen molar-refractivity contribution in [2.75, 3.05) is 4.90 Å². The van der Waals surface area contributed by atoms with Crippen LogP contribution in [0.4, 0.5) is 17.1 Å². The Morgan fingerprint density at radius 3 is 1.94 bits per heavy atom. The van der Waals surface area contributed by atoms with E-state index in [2.05, 4.69) is 157 Å². The SMILES string of the molecule is c1ccc(N(c2cccc(-c3ccc4c(c3)oc3cc5ccccc5cc34)c2)c2cccc3c2ccc2oc4ccccc4c23)cc1. The highest BCUT2D eigenvalue weighted by atomic mass is 16.3. The molecule has 0 radical (unpaired) electrons. The summed E-state index contributed by atoms with van der Waals surface area (Å²) in [5, 5.41) is 9.29. The third-order valence-corrected chi connectivity index (χ3v) is 9.41. The predicted octanol–water partition coefficient (Wildman–Crippen LogP) is 12.9. The molecule has 0 bridgehead atoms. The number of nitrogens with zero attached hydrogens (tertiary/aromatic N) is 1. The molecule has 2 aromatic heterocycles. The monoisotopic (exact) mass is 601 g/mol. The molecule has 0 atom stereocenters. The Hall–Kier alpha value is -6.32. The molecule has 220 valence electrons. The molecule has 0 amide bonds. The third-order valence-electron chi connectivity index (χ3n) is 9.41. The molecule has 8 aromatic carbocycles. The number of anilines is 3. The van der Waals surface area contributed by atoms with E-state index in [0.29, 0.717) is 0 Å². The molecule has 10 aromatic rings. The van der Waals surface area contributed by atoms with E-state index in [9.17, 15) is 0 Å². The van der Waals surface area contributed by atoms with Crippen molar-refractivity contribution in [1.29, 1.82) is 0 Å². The highest BCUT2D eigenvalue weighted by Crippen LogP contribution is 2.43. The zero-order valence-electron chi connectivity index (χ0n) is 25.4. The summed E-state index contributed by atoms with van der Waals surface area (Å²) < 4.78 is 12.7. The summed E-state index contributed by atoms with van der Waals surface area (Å²) in [6, 6.07) is 57.9. The highest BCUT2D eigenvalue weighted by Gasteiger charge is 2.19. The van der Waals surface area contributed by atoms with Crippen molar-refractivity contribution in [3.05, 3.63) is 164 Å². The summed E-state index contributed by atoms with van der Waals surface area (Å²) in [6.07, 6.45) is 0. The van der Waals surface area contributed by atoms with E-state index in [-0.39, 0.29) is 0 Å². The molecule has 2 heterocycles. The average Bonchev–Trinajstić information content (AvgIpc) is 3.69. The molecule has 3 heteroatoms. The van der Waals surface area contributed by atoms with Gasteiger partial charge in [-0.15, -0.1) is 0 Å². The molecule has 3 nitrogen and oxygen atoms in total. The van der Waals surface area contributed by atoms with Crippen LogP contribution in [0.5, 0.6) is 0 Å². The minimum atomic E-state index is 0.892. The van der Waals surface area contributed by atoms with Gasteiger partial charge in [0.2, 0.25) is 0 Å². The van der Waals surface area contributed by atoms with Gasteiger partial charge < -0.3 is 13.7 Å². The Morgan fingerprint density at radius 2 is 1.02 bits per heavy atom. The van der Waals surface area contributed by atoms with E-state index in [0.717, 1.165) is 77.5 Å². The number of hydrogen-bond donors (Lipinski definition) is 0. The van der Waals surface area contributed by atoms with Gasteiger partial charge in [-0.05, 0) is 100 Å². The Bertz CT molecular complexity index is 2810. The summed E-state index contributed by atoms with van der Waals surface area (Å²) >= 11 is 0. The highest BCUT2D eigenvalue weighted by molar-refractivity contribution is 6.21. The minimum absolute atomic E-state index is 0.892. The molecule has 0 N–H and O–H groups in total. The Kier molecular flexibility index (Phi) is 5.57. The number of para-hydroxylation sites is 2. The van der Waals surface area contributed by atoms with Crippen LogP contribution in [0, 0.1) is 0 Å². The number of rotatable bonds is 4. The minimum Gasteiger partial charge on any atom is -0.456 e. The smallest absolute Gasteiger partial charge is 0.136 e. The van der Waals surface area contributed by atoms with Gasteiger partial charge >= 0.3 is 0 Å². The Morgan fingerprint density at radius 1 is 0.340 bits per heavy atom. The Balaban J connectivity index is 1.14. The molecule has 0 saturated heterocycles. The molecule has 0 spiro atoms. The number of fused-ring (bicyclic) bond motifs is 9. The van der Waals surface area contributed by atoms with Gasteiger partial charge in [-0.2, -0.15) is 0 Å². The van der Waals surface area contributed by atoms with E-state index < -0.39 is 0 Å². The van der Waals surface area contributed by atoms with Crippen LogP contribution in [0.15, 0.2) is 173 Å². The van der Waals surface area contributed by atoms with Gasteiger partial charge in [0.15, 0.2) is 0 Å². The molecule has 0 fully saturated rings. The summed E-state index contributed by atoms with van der Waals surface area (Å²) in [5.41, 5.74) is 9.13. The molecule has 10 rings (SSSR count). The van der Waals surface area contributed by atoms with Crippen LogP contribution in [-0.2, 0) is 0 Å². The number of furan rings is 2. The van der Waals surface area contributed by atoms with Crippen molar-refractivity contribution >= 4 is 82.5 Å². The van der Waals surface area contributed by atoms with Crippen molar-refractivity contribution < 1.29 is 8.83 Å². The lowest BCUT2D eigenvalue weighted by Gasteiger charge is -2.27. The van der Waals surface area contributed by atoms with Gasteiger partial charge in [-0.1, -0.05) is 91.0 Å². The lowest BCUT2D eigenvalue weighted by molar-refractivity contribution is 0.669. The molecule has 0 unspecified atom stereocenters. The predicted molar refractivity (Wildman–Crippen MR) is 196 cm³/mol. The first-order chi connectivity index (χ1) is 23.3. The lowest BCUT2D eigenvalue weighted by Crippen LogP contribution is -2.10. The van der Waals surface area contributed by atoms with Crippen LogP contribution in [0.2, 0.25) is 0 Å². The van der Waals surface area contributed by atoms with Gasteiger partial charge in [0.1, 0.15) is 22.3 Å². The maximum atomic E-state index is 6.43. The molecule has 0 saturated carbocycles. The maximum absolute atomic E-state index is 6.43. The van der Waals surface area contributed by atoms with E-state index >= 15 is 0 Å². The van der Waals surface area contributed by atoms with E-state index in [4.69, 9.17) is 8.83 Å². The van der Waals surface area contributed by atoms with Gasteiger partial charge in [-0.25, -0.2) is 0 Å². The van der Waals surface area contributed by atoms with Crippen LogP contribution >= 0.6 is 0 Å². The largest absolute Gasteiger partial charge is 0.456 e. The quantitative estimate of drug-likeness (QED) is 0.201. The zero-order chi connectivity index (χ0) is 30.9. The van der Waals surface area contributed by atoms with Gasteiger partial charge in [-0.3, -0.25) is 0 Å². The van der Waals surface area contributed by atoms with Gasteiger partial charge in [0.25, 0.3) is 0 Å². The van der Waals surface area contributed by atoms with Crippen LogP contribution in [0.25, 0.3) is 76.5 Å². The second kappa shape index (κ2) is 10.1. The van der Waals surface area contributed by atoms with Crippen LogP contribution in [0.3, 0.4) is 0 Å². The molecule has 0 aliphatic rings. The van der Waals surface area contributed by atoms with Crippen molar-refractivity contribution in [1.82, 2.24) is 0 Å². The first kappa shape index (κ1) is 26.0. The topological polar surface area (TPSA) is 29.5 Å². The van der Waals surface area contributed by atoms with Gasteiger partial charge in [0, 0.05) is 38.3 Å². The fourth-order valence-electron chi connectivity index (χ4n) is 7.23. The number of benzene rings is 8. The van der Waals surface area contributed by atoms with E-state index in [1.165, 1.54) is 16.2 Å². The first-order valence-corrected chi connectivity index (χ1v) is 15.9. The van der Waals surface area contributed by atoms with Gasteiger partial charge in [0.05, 0.1) is 5.69 Å². The van der Waals surface area contributed by atoms with Crippen LogP contribution in [-0.4, -0.2) is 0 Å². The number of hydrogen-bond acceptors (Lipinski definition) is 3. The lowest BCUT2D eigenvalue weighted by atomic mass is 10.00. The fourth-order valence-corrected chi connectivity index (χ4v) is 7.23. The average molecular weight is 602 g/mol. The summed E-state index contributed by atoms with van der Waals surface area (Å²) in [7, 11) is 0. The van der Waals surface area contributed by atoms with E-state index in [1.54, 1.807) is 0 Å². The molecular weight excluding hydrogens is 574 g/mol. The fraction of sp³-hybridized carbons (Fsp3) is 0. The standard InChI is InChI=1S/C44H27NO2/c1-2-13-32(14-3-1)45(39-18-9-17-36-34(39)22-23-41-44(36)37-16-6-7-19-40(37)46-41)33-15-8-12-28(24-33)31-20-21-35-38-25-29-10-4-5-11-30(29)26-43(38)47-42(35)27-31/h1-27H. The maximum Gasteiger partial charge on any atom is 0.136 e. The van der Waals surface area contributed by atoms with Crippen molar-refractivity contribution in [2.24, 2.45) is 0 Å². The second-order valence-electron chi connectivity index (χ2n) is 12.1. The molecule has 0 aliphatic carbocycles. The molecule has 0 aliphatic heterocycles. The summed E-state index contributed by atoms with van der Waals surface area (Å²) in [5.74, 6) is 0. The van der Waals surface area contributed by atoms with E-state index in [1.807, 2.05) is 12.1 Å². The summed E-state index contributed by atoms with van der Waals surface area (Å²) in [4.78, 5) is 2.35.